The fraction of sp³-hybridized carbons (Fsp3) is 0.304. The van der Waals surface area contributed by atoms with Crippen LogP contribution in [0.4, 0.5) is 0 Å². The largest absolute Gasteiger partial charge is 0.507 e. The molecule has 1 fully saturated rings. The molecule has 0 radical (unpaired) electrons. The topological polar surface area (TPSA) is 87.1 Å². The van der Waals surface area contributed by atoms with Gasteiger partial charge in [-0.1, -0.05) is 30.7 Å². The lowest BCUT2D eigenvalue weighted by Gasteiger charge is -2.25. The second-order valence-electron chi connectivity index (χ2n) is 7.00. The predicted molar refractivity (Wildman–Crippen MR) is 114 cm³/mol. The molecule has 2 aromatic carbocycles. The average Bonchev–Trinajstić information content (AvgIpc) is 3.01. The van der Waals surface area contributed by atoms with Gasteiger partial charge in [-0.05, 0) is 54.8 Å². The van der Waals surface area contributed by atoms with Crippen LogP contribution in [0.2, 0.25) is 5.02 Å². The SMILES string of the molecule is CCCOc1ccc(C(O)=C2C(=O)C(=O)N(CCCO)[C@H]2c2cccc(Cl)c2)cc1. The van der Waals surface area contributed by atoms with Crippen molar-refractivity contribution in [2.24, 2.45) is 0 Å². The lowest BCUT2D eigenvalue weighted by Crippen LogP contribution is -2.31. The first kappa shape index (κ1) is 21.9. The van der Waals surface area contributed by atoms with E-state index in [0.29, 0.717) is 34.9 Å². The van der Waals surface area contributed by atoms with Crippen molar-refractivity contribution in [3.63, 3.8) is 0 Å². The van der Waals surface area contributed by atoms with E-state index in [2.05, 4.69) is 0 Å². The molecule has 2 aromatic rings. The summed E-state index contributed by atoms with van der Waals surface area (Å²) in [7, 11) is 0. The van der Waals surface area contributed by atoms with Gasteiger partial charge >= 0.3 is 0 Å². The van der Waals surface area contributed by atoms with Gasteiger partial charge in [0.1, 0.15) is 11.5 Å². The van der Waals surface area contributed by atoms with Gasteiger partial charge in [0.15, 0.2) is 0 Å². The maximum atomic E-state index is 12.8. The molecule has 1 aliphatic rings. The molecule has 2 N–H and O–H groups in total. The number of halogens is 1. The third kappa shape index (κ3) is 4.50. The van der Waals surface area contributed by atoms with Gasteiger partial charge in [-0.2, -0.15) is 0 Å². The predicted octanol–water partition coefficient (Wildman–Crippen LogP) is 3.93. The van der Waals surface area contributed by atoms with Crippen molar-refractivity contribution in [1.29, 1.82) is 0 Å². The fourth-order valence-electron chi connectivity index (χ4n) is 3.46. The average molecular weight is 430 g/mol. The highest BCUT2D eigenvalue weighted by atomic mass is 35.5. The van der Waals surface area contributed by atoms with Crippen LogP contribution in [0.5, 0.6) is 5.75 Å². The monoisotopic (exact) mass is 429 g/mol. The van der Waals surface area contributed by atoms with E-state index in [9.17, 15) is 19.8 Å². The smallest absolute Gasteiger partial charge is 0.295 e. The van der Waals surface area contributed by atoms with Crippen molar-refractivity contribution in [3.05, 3.63) is 70.3 Å². The number of rotatable bonds is 8. The summed E-state index contributed by atoms with van der Waals surface area (Å²) >= 11 is 6.13. The van der Waals surface area contributed by atoms with Crippen LogP contribution in [-0.2, 0) is 9.59 Å². The summed E-state index contributed by atoms with van der Waals surface area (Å²) in [6.45, 7) is 2.64. The molecule has 6 nitrogen and oxygen atoms in total. The minimum absolute atomic E-state index is 0.00225. The number of Topliss-reactive ketones (excluding diaryl/α,β-unsaturated/α-hetero) is 1. The Balaban J connectivity index is 2.06. The summed E-state index contributed by atoms with van der Waals surface area (Å²) in [6, 6.07) is 12.8. The molecule has 0 bridgehead atoms. The summed E-state index contributed by atoms with van der Waals surface area (Å²) in [5.74, 6) is -1.07. The van der Waals surface area contributed by atoms with Crippen LogP contribution in [0, 0.1) is 0 Å². The van der Waals surface area contributed by atoms with E-state index in [4.69, 9.17) is 16.3 Å². The second kappa shape index (κ2) is 9.78. The molecule has 0 aliphatic carbocycles. The minimum atomic E-state index is -0.786. The number of amides is 1. The third-order valence-corrected chi connectivity index (χ3v) is 5.10. The molecule has 30 heavy (non-hydrogen) atoms. The first-order valence-electron chi connectivity index (χ1n) is 9.86. The number of benzene rings is 2. The van der Waals surface area contributed by atoms with Gasteiger partial charge in [0.2, 0.25) is 0 Å². The number of aliphatic hydroxyl groups excluding tert-OH is 2. The Bertz CT molecular complexity index is 954. The molecule has 1 saturated heterocycles. The number of ketones is 1. The van der Waals surface area contributed by atoms with E-state index in [1.807, 2.05) is 6.92 Å². The highest BCUT2D eigenvalue weighted by molar-refractivity contribution is 6.46. The Morgan fingerprint density at radius 1 is 1.17 bits per heavy atom. The van der Waals surface area contributed by atoms with E-state index >= 15 is 0 Å². The highest BCUT2D eigenvalue weighted by Crippen LogP contribution is 2.40. The number of hydrogen-bond donors (Lipinski definition) is 2. The number of carbonyl (C=O) groups excluding carboxylic acids is 2. The molecule has 1 aliphatic heterocycles. The summed E-state index contributed by atoms with van der Waals surface area (Å²) in [5.41, 5.74) is 1.03. The van der Waals surface area contributed by atoms with E-state index in [1.54, 1.807) is 48.5 Å². The zero-order valence-electron chi connectivity index (χ0n) is 16.7. The lowest BCUT2D eigenvalue weighted by molar-refractivity contribution is -0.140. The van der Waals surface area contributed by atoms with Gasteiger partial charge in [-0.15, -0.1) is 0 Å². The van der Waals surface area contributed by atoms with Gasteiger partial charge in [0.25, 0.3) is 11.7 Å². The zero-order valence-corrected chi connectivity index (χ0v) is 17.4. The molecule has 1 atom stereocenters. The summed E-state index contributed by atoms with van der Waals surface area (Å²) in [5, 5.41) is 20.6. The van der Waals surface area contributed by atoms with E-state index < -0.39 is 17.7 Å². The summed E-state index contributed by atoms with van der Waals surface area (Å²) in [6.07, 6.45) is 1.19. The van der Waals surface area contributed by atoms with Crippen LogP contribution in [0.1, 0.15) is 36.9 Å². The van der Waals surface area contributed by atoms with Crippen molar-refractivity contribution < 1.29 is 24.5 Å². The first-order chi connectivity index (χ1) is 14.5. The highest BCUT2D eigenvalue weighted by Gasteiger charge is 2.45. The molecule has 1 heterocycles. The molecule has 7 heteroatoms. The second-order valence-corrected chi connectivity index (χ2v) is 7.43. The Morgan fingerprint density at radius 3 is 2.53 bits per heavy atom. The molecule has 158 valence electrons. The third-order valence-electron chi connectivity index (χ3n) is 4.86. The number of carbonyl (C=O) groups is 2. The first-order valence-corrected chi connectivity index (χ1v) is 10.2. The van der Waals surface area contributed by atoms with Crippen molar-refractivity contribution in [1.82, 2.24) is 4.90 Å². The minimum Gasteiger partial charge on any atom is -0.507 e. The Hall–Kier alpha value is -2.83. The van der Waals surface area contributed by atoms with Crippen LogP contribution in [0.3, 0.4) is 0 Å². The van der Waals surface area contributed by atoms with Crippen molar-refractivity contribution in [3.8, 4) is 5.75 Å². The van der Waals surface area contributed by atoms with E-state index in [-0.39, 0.29) is 24.5 Å². The standard InChI is InChI=1S/C23H24ClNO5/c1-2-13-30-18-9-7-15(8-10-18)21(27)19-20(16-5-3-6-17(24)14-16)25(11-4-12-26)23(29)22(19)28/h3,5-10,14,20,26-27H,2,4,11-13H2,1H3/t20-/m0/s1. The Labute approximate surface area is 180 Å². The van der Waals surface area contributed by atoms with Crippen LogP contribution in [0.25, 0.3) is 5.76 Å². The normalized spacial score (nSPS) is 18.1. The number of aliphatic hydroxyl groups is 2. The molecular formula is C23H24ClNO5. The number of ether oxygens (including phenoxy) is 1. The van der Waals surface area contributed by atoms with Crippen LogP contribution in [0.15, 0.2) is 54.1 Å². The van der Waals surface area contributed by atoms with Crippen LogP contribution < -0.4 is 4.74 Å². The maximum absolute atomic E-state index is 12.8. The lowest BCUT2D eigenvalue weighted by atomic mass is 9.95. The van der Waals surface area contributed by atoms with Gasteiger partial charge in [-0.3, -0.25) is 9.59 Å². The summed E-state index contributed by atoms with van der Waals surface area (Å²) in [4.78, 5) is 26.9. The molecule has 3 rings (SSSR count). The number of likely N-dealkylation sites (tertiary alicyclic amines) is 1. The van der Waals surface area contributed by atoms with Gasteiger partial charge < -0.3 is 19.8 Å². The van der Waals surface area contributed by atoms with Crippen molar-refractivity contribution in [2.45, 2.75) is 25.8 Å². The van der Waals surface area contributed by atoms with Crippen LogP contribution in [-0.4, -0.2) is 46.6 Å². The fourth-order valence-corrected chi connectivity index (χ4v) is 3.66. The van der Waals surface area contributed by atoms with Crippen LogP contribution >= 0.6 is 11.6 Å². The van der Waals surface area contributed by atoms with E-state index in [1.165, 1.54) is 4.90 Å². The van der Waals surface area contributed by atoms with Gasteiger partial charge in [0.05, 0.1) is 18.2 Å². The molecular weight excluding hydrogens is 406 g/mol. The molecule has 0 saturated carbocycles. The zero-order chi connectivity index (χ0) is 21.7. The van der Waals surface area contributed by atoms with Gasteiger partial charge in [0, 0.05) is 23.7 Å². The molecule has 1 amide bonds. The number of hydrogen-bond acceptors (Lipinski definition) is 5. The molecule has 0 aromatic heterocycles. The van der Waals surface area contributed by atoms with Crippen molar-refractivity contribution >= 4 is 29.1 Å². The quantitative estimate of drug-likeness (QED) is 0.377. The van der Waals surface area contributed by atoms with E-state index in [0.717, 1.165) is 6.42 Å². The summed E-state index contributed by atoms with van der Waals surface area (Å²) < 4.78 is 5.55. The Kier molecular flexibility index (Phi) is 7.13. The van der Waals surface area contributed by atoms with Gasteiger partial charge in [-0.25, -0.2) is 0 Å². The number of nitrogens with zero attached hydrogens (tertiary/aromatic N) is 1. The van der Waals surface area contributed by atoms with Crippen molar-refractivity contribution in [2.75, 3.05) is 19.8 Å². The molecule has 0 unspecified atom stereocenters. The maximum Gasteiger partial charge on any atom is 0.295 e. The molecule has 0 spiro atoms. The Morgan fingerprint density at radius 2 is 1.90 bits per heavy atom.